The highest BCUT2D eigenvalue weighted by Gasteiger charge is 2.63. The average molecular weight is 276 g/mol. The molecule has 1 fully saturated rings. The van der Waals surface area contributed by atoms with Crippen LogP contribution in [-0.4, -0.2) is 29.5 Å². The van der Waals surface area contributed by atoms with Crippen molar-refractivity contribution in [1.29, 1.82) is 0 Å². The van der Waals surface area contributed by atoms with Gasteiger partial charge in [0.1, 0.15) is 6.10 Å². The number of alkyl halides is 3. The SMILES string of the molecule is O=C([O-])OC1(C(F)(F)F)CCOC1c1ccccn1. The maximum absolute atomic E-state index is 13.2. The first-order valence-electron chi connectivity index (χ1n) is 5.36. The molecule has 0 aliphatic carbocycles. The van der Waals surface area contributed by atoms with Crippen molar-refractivity contribution in [3.63, 3.8) is 0 Å². The van der Waals surface area contributed by atoms with Gasteiger partial charge in [0, 0.05) is 12.6 Å². The predicted molar refractivity (Wildman–Crippen MR) is 52.8 cm³/mol. The molecule has 0 saturated carbocycles. The smallest absolute Gasteiger partial charge is 0.414 e. The van der Waals surface area contributed by atoms with Gasteiger partial charge in [-0.15, -0.1) is 0 Å². The lowest BCUT2D eigenvalue weighted by Gasteiger charge is -2.38. The Bertz CT molecular complexity index is 465. The fraction of sp³-hybridized carbons (Fsp3) is 0.455. The van der Waals surface area contributed by atoms with E-state index in [1.165, 1.54) is 24.4 Å². The molecule has 0 amide bonds. The molecule has 2 heterocycles. The molecule has 1 aromatic heterocycles. The van der Waals surface area contributed by atoms with Gasteiger partial charge in [0.15, 0.2) is 5.60 Å². The highest BCUT2D eigenvalue weighted by atomic mass is 19.4. The number of aromatic nitrogens is 1. The molecule has 2 atom stereocenters. The lowest BCUT2D eigenvalue weighted by Crippen LogP contribution is -2.53. The molecule has 19 heavy (non-hydrogen) atoms. The van der Waals surface area contributed by atoms with Crippen molar-refractivity contribution in [1.82, 2.24) is 4.98 Å². The van der Waals surface area contributed by atoms with E-state index in [0.29, 0.717) is 0 Å². The van der Waals surface area contributed by atoms with E-state index in [1.807, 2.05) is 0 Å². The Morgan fingerprint density at radius 2 is 2.26 bits per heavy atom. The van der Waals surface area contributed by atoms with Gasteiger partial charge < -0.3 is 19.4 Å². The highest BCUT2D eigenvalue weighted by molar-refractivity contribution is 5.55. The first-order valence-corrected chi connectivity index (χ1v) is 5.36. The number of pyridine rings is 1. The van der Waals surface area contributed by atoms with Crippen LogP contribution in [0.15, 0.2) is 24.4 Å². The van der Waals surface area contributed by atoms with Crippen molar-refractivity contribution in [3.8, 4) is 0 Å². The minimum atomic E-state index is -4.92. The van der Waals surface area contributed by atoms with E-state index in [4.69, 9.17) is 4.74 Å². The molecule has 0 aromatic carbocycles. The van der Waals surface area contributed by atoms with Crippen LogP contribution in [0, 0.1) is 0 Å². The summed E-state index contributed by atoms with van der Waals surface area (Å²) in [6.07, 6.45) is -8.15. The minimum absolute atomic E-state index is 0.0430. The monoisotopic (exact) mass is 276 g/mol. The third-order valence-corrected chi connectivity index (χ3v) is 2.88. The van der Waals surface area contributed by atoms with E-state index in [9.17, 15) is 23.1 Å². The number of nitrogens with zero attached hydrogens (tertiary/aromatic N) is 1. The summed E-state index contributed by atoms with van der Waals surface area (Å²) in [5.41, 5.74) is -3.02. The van der Waals surface area contributed by atoms with Crippen LogP contribution in [0.25, 0.3) is 0 Å². The van der Waals surface area contributed by atoms with E-state index in [0.717, 1.165) is 0 Å². The fourth-order valence-electron chi connectivity index (χ4n) is 2.05. The molecule has 1 aliphatic heterocycles. The topological polar surface area (TPSA) is 71.5 Å². The van der Waals surface area contributed by atoms with Gasteiger partial charge in [-0.05, 0) is 12.1 Å². The lowest BCUT2D eigenvalue weighted by molar-refractivity contribution is -0.338. The molecule has 2 unspecified atom stereocenters. The number of carboxylic acid groups (broad SMARTS) is 1. The van der Waals surface area contributed by atoms with Crippen LogP contribution in [-0.2, 0) is 9.47 Å². The normalized spacial score (nSPS) is 27.2. The minimum Gasteiger partial charge on any atom is -0.530 e. The van der Waals surface area contributed by atoms with Crippen molar-refractivity contribution in [2.75, 3.05) is 6.61 Å². The summed E-state index contributed by atoms with van der Waals surface area (Å²) in [6, 6.07) is 4.31. The quantitative estimate of drug-likeness (QED) is 0.759. The van der Waals surface area contributed by atoms with Gasteiger partial charge >= 0.3 is 6.18 Å². The summed E-state index contributed by atoms with van der Waals surface area (Å²) >= 11 is 0. The molecule has 0 N–H and O–H groups in total. The second-order valence-corrected chi connectivity index (χ2v) is 3.99. The first-order chi connectivity index (χ1) is 8.87. The first kappa shape index (κ1) is 13.6. The molecule has 0 radical (unpaired) electrons. The average Bonchev–Trinajstić information content (AvgIpc) is 2.73. The molecule has 0 bridgehead atoms. The number of carbonyl (C=O) groups is 1. The standard InChI is InChI=1S/C11H10F3NO4/c12-11(13,14)10(19-9(16)17)4-6-18-8(10)7-3-1-2-5-15-7/h1-3,5,8H,4,6H2,(H,16,17)/p-1. The number of halogens is 3. The van der Waals surface area contributed by atoms with Crippen LogP contribution in [0.2, 0.25) is 0 Å². The number of carbonyl (C=O) groups excluding carboxylic acids is 1. The summed E-state index contributed by atoms with van der Waals surface area (Å²) in [4.78, 5) is 14.2. The van der Waals surface area contributed by atoms with Gasteiger partial charge in [-0.3, -0.25) is 4.98 Å². The Hall–Kier alpha value is -1.83. The van der Waals surface area contributed by atoms with Crippen LogP contribution in [0.5, 0.6) is 0 Å². The molecular formula is C11H9F3NO4-. The van der Waals surface area contributed by atoms with E-state index in [1.54, 1.807) is 0 Å². The molecule has 0 spiro atoms. The molecular weight excluding hydrogens is 267 g/mol. The van der Waals surface area contributed by atoms with Crippen molar-refractivity contribution >= 4 is 6.16 Å². The third kappa shape index (κ3) is 2.35. The van der Waals surface area contributed by atoms with Gasteiger partial charge in [-0.2, -0.15) is 13.2 Å². The van der Waals surface area contributed by atoms with Crippen molar-refractivity contribution in [3.05, 3.63) is 30.1 Å². The molecule has 5 nitrogen and oxygen atoms in total. The number of hydrogen-bond acceptors (Lipinski definition) is 5. The summed E-state index contributed by atoms with van der Waals surface area (Å²) in [6.45, 7) is -0.284. The van der Waals surface area contributed by atoms with Gasteiger partial charge in [-0.1, -0.05) is 6.07 Å². The van der Waals surface area contributed by atoms with E-state index >= 15 is 0 Å². The zero-order valence-corrected chi connectivity index (χ0v) is 9.52. The fourth-order valence-corrected chi connectivity index (χ4v) is 2.05. The maximum atomic E-state index is 13.2. The molecule has 104 valence electrons. The van der Waals surface area contributed by atoms with Gasteiger partial charge in [-0.25, -0.2) is 0 Å². The maximum Gasteiger partial charge on any atom is 0.414 e. The van der Waals surface area contributed by atoms with E-state index in [2.05, 4.69) is 9.72 Å². The number of ether oxygens (including phenoxy) is 2. The number of hydrogen-bond donors (Lipinski definition) is 0. The third-order valence-electron chi connectivity index (χ3n) is 2.88. The lowest BCUT2D eigenvalue weighted by atomic mass is 9.92. The van der Waals surface area contributed by atoms with Crippen LogP contribution in [0.1, 0.15) is 18.2 Å². The van der Waals surface area contributed by atoms with Gasteiger partial charge in [0.2, 0.25) is 0 Å². The molecule has 1 saturated heterocycles. The van der Waals surface area contributed by atoms with Crippen LogP contribution in [0.3, 0.4) is 0 Å². The second kappa shape index (κ2) is 4.69. The highest BCUT2D eigenvalue weighted by Crippen LogP contribution is 2.50. The molecule has 1 aromatic rings. The van der Waals surface area contributed by atoms with Crippen molar-refractivity contribution < 1.29 is 32.5 Å². The van der Waals surface area contributed by atoms with Crippen LogP contribution in [0.4, 0.5) is 18.0 Å². The van der Waals surface area contributed by atoms with Crippen molar-refractivity contribution in [2.24, 2.45) is 0 Å². The second-order valence-electron chi connectivity index (χ2n) is 3.99. The van der Waals surface area contributed by atoms with Crippen LogP contribution >= 0.6 is 0 Å². The Kier molecular flexibility index (Phi) is 3.36. The molecule has 1 aliphatic rings. The Morgan fingerprint density at radius 3 is 2.79 bits per heavy atom. The summed E-state index contributed by atoms with van der Waals surface area (Å²) in [5.74, 6) is 0. The van der Waals surface area contributed by atoms with Crippen LogP contribution < -0.4 is 5.11 Å². The molecule has 2 rings (SSSR count). The summed E-state index contributed by atoms with van der Waals surface area (Å²) in [5, 5.41) is 10.5. The summed E-state index contributed by atoms with van der Waals surface area (Å²) in [7, 11) is 0. The Labute approximate surface area is 106 Å². The van der Waals surface area contributed by atoms with Gasteiger partial charge in [0.25, 0.3) is 6.16 Å². The number of rotatable bonds is 2. The van der Waals surface area contributed by atoms with E-state index in [-0.39, 0.29) is 12.3 Å². The zero-order chi connectivity index (χ0) is 14.1. The largest absolute Gasteiger partial charge is 0.530 e. The molecule has 8 heteroatoms. The summed E-state index contributed by atoms with van der Waals surface area (Å²) < 4.78 is 48.6. The van der Waals surface area contributed by atoms with Crippen molar-refractivity contribution in [2.45, 2.75) is 24.3 Å². The predicted octanol–water partition coefficient (Wildman–Crippen LogP) is 1.20. The Balaban J connectivity index is 2.44. The Morgan fingerprint density at radius 1 is 1.53 bits per heavy atom. The van der Waals surface area contributed by atoms with E-state index < -0.39 is 30.5 Å². The van der Waals surface area contributed by atoms with Gasteiger partial charge in [0.05, 0.1) is 12.3 Å². The zero-order valence-electron chi connectivity index (χ0n) is 9.52.